The monoisotopic (exact) mass is 645 g/mol. The van der Waals surface area contributed by atoms with Gasteiger partial charge in [-0.05, 0) is 75.6 Å². The van der Waals surface area contributed by atoms with Crippen molar-refractivity contribution in [1.82, 2.24) is 10.2 Å². The second-order valence-electron chi connectivity index (χ2n) is 12.2. The van der Waals surface area contributed by atoms with E-state index in [1.54, 1.807) is 55.5 Å². The van der Waals surface area contributed by atoms with E-state index in [9.17, 15) is 18.0 Å². The van der Waals surface area contributed by atoms with Crippen molar-refractivity contribution in [2.45, 2.75) is 64.1 Å². The highest BCUT2D eigenvalue weighted by Crippen LogP contribution is 2.28. The molecule has 0 aromatic heterocycles. The Kier molecular flexibility index (Phi) is 10.7. The smallest absolute Gasteiger partial charge is 0.264 e. The van der Waals surface area contributed by atoms with Crippen LogP contribution in [0.3, 0.4) is 0 Å². The van der Waals surface area contributed by atoms with Crippen LogP contribution in [0.5, 0.6) is 0 Å². The van der Waals surface area contributed by atoms with Crippen LogP contribution in [0, 0.1) is 13.8 Å². The summed E-state index contributed by atoms with van der Waals surface area (Å²) < 4.78 is 29.5. The lowest BCUT2D eigenvalue weighted by atomic mass is 10.0. The van der Waals surface area contributed by atoms with E-state index in [1.807, 2.05) is 70.2 Å². The van der Waals surface area contributed by atoms with Crippen molar-refractivity contribution in [1.29, 1.82) is 0 Å². The SMILES string of the molecule is Cc1ccc(S(=O)(=O)N(CC(=O)N(Cc2ccccc2Cl)[C@H](Cc2ccccc2)C(=O)NC(C)(C)C)c2ccccc2C)cc1. The summed E-state index contributed by atoms with van der Waals surface area (Å²) >= 11 is 6.57. The van der Waals surface area contributed by atoms with Gasteiger partial charge in [0.15, 0.2) is 0 Å². The molecule has 9 heteroatoms. The zero-order valence-corrected chi connectivity index (χ0v) is 27.9. The van der Waals surface area contributed by atoms with Gasteiger partial charge in [0.25, 0.3) is 10.0 Å². The molecule has 236 valence electrons. The molecule has 0 radical (unpaired) electrons. The number of halogens is 1. The fraction of sp³-hybridized carbons (Fsp3) is 0.278. The zero-order chi connectivity index (χ0) is 32.8. The van der Waals surface area contributed by atoms with Crippen LogP contribution < -0.4 is 9.62 Å². The number of sulfonamides is 1. The molecule has 0 saturated heterocycles. The predicted molar refractivity (Wildman–Crippen MR) is 181 cm³/mol. The quantitative estimate of drug-likeness (QED) is 0.197. The minimum atomic E-state index is -4.18. The molecule has 4 aromatic carbocycles. The maximum absolute atomic E-state index is 14.6. The van der Waals surface area contributed by atoms with Crippen LogP contribution in [-0.4, -0.2) is 43.3 Å². The van der Waals surface area contributed by atoms with Gasteiger partial charge in [0, 0.05) is 23.5 Å². The molecule has 7 nitrogen and oxygen atoms in total. The number of aryl methyl sites for hydroxylation is 2. The number of rotatable bonds is 11. The van der Waals surface area contributed by atoms with Crippen LogP contribution in [0.4, 0.5) is 5.69 Å². The summed E-state index contributed by atoms with van der Waals surface area (Å²) in [6, 6.07) is 29.2. The van der Waals surface area contributed by atoms with Crippen molar-refractivity contribution in [3.63, 3.8) is 0 Å². The number of para-hydroxylation sites is 1. The Morgan fingerprint density at radius 3 is 2.04 bits per heavy atom. The van der Waals surface area contributed by atoms with E-state index < -0.39 is 34.1 Å². The van der Waals surface area contributed by atoms with Crippen LogP contribution in [0.25, 0.3) is 0 Å². The minimum Gasteiger partial charge on any atom is -0.350 e. The summed E-state index contributed by atoms with van der Waals surface area (Å²) in [5.41, 5.74) is 2.89. The number of benzene rings is 4. The molecule has 1 N–H and O–H groups in total. The molecule has 2 amide bonds. The Labute approximate surface area is 271 Å². The molecule has 0 heterocycles. The maximum Gasteiger partial charge on any atom is 0.264 e. The van der Waals surface area contributed by atoms with E-state index in [1.165, 1.54) is 17.0 Å². The van der Waals surface area contributed by atoms with Gasteiger partial charge in [-0.2, -0.15) is 0 Å². The van der Waals surface area contributed by atoms with Crippen LogP contribution in [0.15, 0.2) is 108 Å². The molecule has 4 aromatic rings. The molecule has 0 aliphatic heterocycles. The zero-order valence-electron chi connectivity index (χ0n) is 26.3. The van der Waals surface area contributed by atoms with Gasteiger partial charge in [0.1, 0.15) is 12.6 Å². The van der Waals surface area contributed by atoms with Crippen molar-refractivity contribution in [2.24, 2.45) is 0 Å². The van der Waals surface area contributed by atoms with E-state index in [0.29, 0.717) is 21.8 Å². The van der Waals surface area contributed by atoms with Crippen LogP contribution >= 0.6 is 11.6 Å². The molecule has 0 unspecified atom stereocenters. The van der Waals surface area contributed by atoms with Gasteiger partial charge in [0.05, 0.1) is 10.6 Å². The third-order valence-electron chi connectivity index (χ3n) is 7.34. The van der Waals surface area contributed by atoms with Crippen LogP contribution in [-0.2, 0) is 32.6 Å². The Balaban J connectivity index is 1.84. The van der Waals surface area contributed by atoms with Gasteiger partial charge in [-0.3, -0.25) is 13.9 Å². The first-order chi connectivity index (χ1) is 21.3. The average Bonchev–Trinajstić information content (AvgIpc) is 2.98. The molecule has 1 atom stereocenters. The lowest BCUT2D eigenvalue weighted by molar-refractivity contribution is -0.140. The number of hydrogen-bond donors (Lipinski definition) is 1. The molecule has 0 fully saturated rings. The molecule has 0 aliphatic carbocycles. The molecule has 45 heavy (non-hydrogen) atoms. The number of hydrogen-bond acceptors (Lipinski definition) is 4. The molecule has 0 spiro atoms. The van der Waals surface area contributed by atoms with Gasteiger partial charge in [-0.25, -0.2) is 8.42 Å². The van der Waals surface area contributed by atoms with Gasteiger partial charge in [0.2, 0.25) is 11.8 Å². The van der Waals surface area contributed by atoms with Crippen LogP contribution in [0.1, 0.15) is 43.0 Å². The summed E-state index contributed by atoms with van der Waals surface area (Å²) in [5.74, 6) is -0.894. The number of nitrogens with one attached hydrogen (secondary N) is 1. The minimum absolute atomic E-state index is 0.000237. The Morgan fingerprint density at radius 2 is 1.42 bits per heavy atom. The summed E-state index contributed by atoms with van der Waals surface area (Å²) in [4.78, 5) is 30.1. The van der Waals surface area contributed by atoms with Crippen molar-refractivity contribution in [3.05, 3.63) is 130 Å². The summed E-state index contributed by atoms with van der Waals surface area (Å²) in [6.45, 7) is 8.77. The Bertz CT molecular complexity index is 1740. The van der Waals surface area contributed by atoms with Gasteiger partial charge in [-0.1, -0.05) is 96.0 Å². The van der Waals surface area contributed by atoms with Crippen molar-refractivity contribution >= 4 is 39.1 Å². The van der Waals surface area contributed by atoms with Crippen molar-refractivity contribution < 1.29 is 18.0 Å². The highest BCUT2D eigenvalue weighted by atomic mass is 35.5. The number of amides is 2. The van der Waals surface area contributed by atoms with Crippen molar-refractivity contribution in [2.75, 3.05) is 10.8 Å². The van der Waals surface area contributed by atoms with Gasteiger partial charge < -0.3 is 10.2 Å². The maximum atomic E-state index is 14.6. The molecule has 4 rings (SSSR count). The van der Waals surface area contributed by atoms with Crippen molar-refractivity contribution in [3.8, 4) is 0 Å². The predicted octanol–water partition coefficient (Wildman–Crippen LogP) is 6.71. The topological polar surface area (TPSA) is 86.8 Å². The second kappa shape index (κ2) is 14.3. The summed E-state index contributed by atoms with van der Waals surface area (Å²) in [7, 11) is -4.18. The number of nitrogens with zero attached hydrogens (tertiary/aromatic N) is 2. The van der Waals surface area contributed by atoms with E-state index >= 15 is 0 Å². The summed E-state index contributed by atoms with van der Waals surface area (Å²) in [6.07, 6.45) is 0.216. The highest BCUT2D eigenvalue weighted by Gasteiger charge is 2.36. The van der Waals surface area contributed by atoms with E-state index in [0.717, 1.165) is 15.4 Å². The summed E-state index contributed by atoms with van der Waals surface area (Å²) in [5, 5.41) is 3.47. The fourth-order valence-corrected chi connectivity index (χ4v) is 6.69. The first-order valence-electron chi connectivity index (χ1n) is 14.8. The molecule has 0 saturated carbocycles. The average molecular weight is 646 g/mol. The molecular weight excluding hydrogens is 606 g/mol. The third-order valence-corrected chi connectivity index (χ3v) is 9.48. The Hall–Kier alpha value is -4.14. The van der Waals surface area contributed by atoms with Gasteiger partial charge >= 0.3 is 0 Å². The van der Waals surface area contributed by atoms with Crippen LogP contribution in [0.2, 0.25) is 5.02 Å². The molecule has 0 bridgehead atoms. The standard InChI is InChI=1S/C36H40ClN3O4S/c1-26-19-21-30(22-20-26)45(43,44)40(32-18-12-9-13-27(32)2)25-34(41)39(24-29-16-10-11-17-31(29)37)33(35(42)38-36(3,4)5)23-28-14-7-6-8-15-28/h6-22,33H,23-25H2,1-5H3,(H,38,42)/t33-/m1/s1. The highest BCUT2D eigenvalue weighted by molar-refractivity contribution is 7.92. The van der Waals surface area contributed by atoms with Gasteiger partial charge in [-0.15, -0.1) is 0 Å². The third kappa shape index (κ3) is 8.74. The first-order valence-corrected chi connectivity index (χ1v) is 16.6. The van der Waals surface area contributed by atoms with E-state index in [2.05, 4.69) is 5.32 Å². The molecule has 0 aliphatic rings. The number of carbonyl (C=O) groups excluding carboxylic acids is 2. The van der Waals surface area contributed by atoms with E-state index in [4.69, 9.17) is 11.6 Å². The largest absolute Gasteiger partial charge is 0.350 e. The van der Waals surface area contributed by atoms with E-state index in [-0.39, 0.29) is 23.8 Å². The lowest BCUT2D eigenvalue weighted by Crippen LogP contribution is -2.56. The second-order valence-corrected chi connectivity index (χ2v) is 14.4. The molecular formula is C36H40ClN3O4S. The number of carbonyl (C=O) groups is 2. The fourth-order valence-electron chi connectivity index (χ4n) is 5.01. The number of anilines is 1. The first kappa shape index (κ1) is 33.7. The lowest BCUT2D eigenvalue weighted by Gasteiger charge is -2.35. The Morgan fingerprint density at radius 1 is 0.822 bits per heavy atom. The normalized spacial score (nSPS) is 12.3.